The number of amides is 2. The van der Waals surface area contributed by atoms with Crippen molar-refractivity contribution >= 4 is 23.4 Å². The lowest BCUT2D eigenvalue weighted by Gasteiger charge is -2.45. The quantitative estimate of drug-likeness (QED) is 0.137. The van der Waals surface area contributed by atoms with Gasteiger partial charge < -0.3 is 25.0 Å². The van der Waals surface area contributed by atoms with Gasteiger partial charge in [-0.15, -0.1) is 0 Å². The lowest BCUT2D eigenvalue weighted by molar-refractivity contribution is -0.148. The number of ether oxygens (including phenoxy) is 1. The maximum Gasteiger partial charge on any atom is 0.309 e. The summed E-state index contributed by atoms with van der Waals surface area (Å²) in [5.74, 6) is -5.26. The molecule has 1 saturated heterocycles. The molecule has 52 heavy (non-hydrogen) atoms. The molecule has 2 bridgehead atoms. The van der Waals surface area contributed by atoms with E-state index in [0.717, 1.165) is 53.7 Å². The van der Waals surface area contributed by atoms with E-state index in [1.807, 2.05) is 47.4 Å². The summed E-state index contributed by atoms with van der Waals surface area (Å²) < 4.78 is 46.7. The number of halogens is 3. The predicted molar refractivity (Wildman–Crippen MR) is 191 cm³/mol. The molecule has 2 N–H and O–H groups in total. The average Bonchev–Trinajstić information content (AvgIpc) is 3.98. The molecule has 3 aliphatic rings. The van der Waals surface area contributed by atoms with Crippen molar-refractivity contribution < 1.29 is 37.4 Å². The number of rotatable bonds is 15. The zero-order valence-electron chi connectivity index (χ0n) is 29.7. The van der Waals surface area contributed by atoms with E-state index >= 15 is 0 Å². The van der Waals surface area contributed by atoms with Crippen LogP contribution in [0, 0.1) is 22.9 Å². The Morgan fingerprint density at radius 1 is 0.923 bits per heavy atom. The summed E-state index contributed by atoms with van der Waals surface area (Å²) in [5, 5.41) is 13.2. The molecule has 0 spiro atoms. The first-order valence-electron chi connectivity index (χ1n) is 18.1. The Morgan fingerprint density at radius 2 is 1.62 bits per heavy atom. The smallest absolute Gasteiger partial charge is 0.309 e. The standard InChI is InChI=1S/C41H46F3N3O5/c1-41(2,40(50)51)20-18-35(48)46-24-29-23-31(28-12-10-27(11-13-28)9-6-22-52-38-33(43)17-16-32(42)37(38)44)36(34(25-46)45-29)39(49)47(30-14-15-30)21-19-26-7-4-3-5-8-26/h3-5,7-8,10-13,16-17,29-30,34,45H,6,9,14-15,18-25H2,1-2H3,(H,50,51)/t29-,34-/m1/s1. The topological polar surface area (TPSA) is 99.2 Å². The van der Waals surface area contributed by atoms with Crippen molar-refractivity contribution in [2.75, 3.05) is 26.2 Å². The van der Waals surface area contributed by atoms with E-state index in [1.165, 1.54) is 0 Å². The van der Waals surface area contributed by atoms with Crippen LogP contribution in [0.1, 0.15) is 69.1 Å². The van der Waals surface area contributed by atoms with E-state index in [9.17, 15) is 32.7 Å². The highest BCUT2D eigenvalue weighted by molar-refractivity contribution is 6.03. The number of nitrogens with zero attached hydrogens (tertiary/aromatic N) is 2. The van der Waals surface area contributed by atoms with E-state index in [1.54, 1.807) is 18.7 Å². The number of aryl methyl sites for hydroxylation is 1. The highest BCUT2D eigenvalue weighted by Crippen LogP contribution is 2.37. The van der Waals surface area contributed by atoms with Gasteiger partial charge in [0.1, 0.15) is 0 Å². The van der Waals surface area contributed by atoms with Gasteiger partial charge in [0.05, 0.1) is 18.1 Å². The molecule has 2 aliphatic heterocycles. The first-order chi connectivity index (χ1) is 24.9. The molecule has 0 unspecified atom stereocenters. The van der Waals surface area contributed by atoms with Gasteiger partial charge >= 0.3 is 5.97 Å². The minimum atomic E-state index is -1.34. The zero-order chi connectivity index (χ0) is 37.0. The average molecular weight is 718 g/mol. The van der Waals surface area contributed by atoms with Gasteiger partial charge in [-0.05, 0) is 93.2 Å². The fraction of sp³-hybridized carbons (Fsp3) is 0.439. The molecule has 1 saturated carbocycles. The van der Waals surface area contributed by atoms with Crippen molar-refractivity contribution in [3.63, 3.8) is 0 Å². The predicted octanol–water partition coefficient (Wildman–Crippen LogP) is 6.57. The summed E-state index contributed by atoms with van der Waals surface area (Å²) in [4.78, 5) is 43.6. The number of carbonyl (C=O) groups excluding carboxylic acids is 2. The maximum absolute atomic E-state index is 14.7. The van der Waals surface area contributed by atoms with E-state index < -0.39 is 34.6 Å². The van der Waals surface area contributed by atoms with E-state index in [-0.39, 0.29) is 49.4 Å². The van der Waals surface area contributed by atoms with Crippen LogP contribution in [0.2, 0.25) is 0 Å². The van der Waals surface area contributed by atoms with Gasteiger partial charge in [-0.3, -0.25) is 14.4 Å². The molecule has 0 radical (unpaired) electrons. The molecule has 2 fully saturated rings. The van der Waals surface area contributed by atoms with Crippen LogP contribution >= 0.6 is 0 Å². The third kappa shape index (κ3) is 8.69. The van der Waals surface area contributed by atoms with Crippen LogP contribution < -0.4 is 10.1 Å². The molecule has 3 aromatic carbocycles. The highest BCUT2D eigenvalue weighted by atomic mass is 19.2. The second-order valence-electron chi connectivity index (χ2n) is 14.8. The number of carbonyl (C=O) groups is 3. The Labute approximate surface area is 302 Å². The molecule has 11 heteroatoms. The van der Waals surface area contributed by atoms with E-state index in [4.69, 9.17) is 4.74 Å². The van der Waals surface area contributed by atoms with Gasteiger partial charge in [0.15, 0.2) is 17.4 Å². The summed E-state index contributed by atoms with van der Waals surface area (Å²) in [6.45, 7) is 4.60. The van der Waals surface area contributed by atoms with Crippen molar-refractivity contribution in [1.82, 2.24) is 15.1 Å². The fourth-order valence-corrected chi connectivity index (χ4v) is 7.10. The van der Waals surface area contributed by atoms with Gasteiger partial charge in [0.25, 0.3) is 5.91 Å². The number of fused-ring (bicyclic) bond motifs is 2. The number of hydrogen-bond acceptors (Lipinski definition) is 5. The minimum Gasteiger partial charge on any atom is -0.488 e. The van der Waals surface area contributed by atoms with Gasteiger partial charge in [0, 0.05) is 43.7 Å². The molecule has 0 aromatic heterocycles. The molecule has 2 atom stereocenters. The lowest BCUT2D eigenvalue weighted by atomic mass is 9.82. The van der Waals surface area contributed by atoms with Crippen LogP contribution in [0.25, 0.3) is 5.57 Å². The summed E-state index contributed by atoms with van der Waals surface area (Å²) >= 11 is 0. The van der Waals surface area contributed by atoms with E-state index in [2.05, 4.69) is 17.4 Å². The van der Waals surface area contributed by atoms with E-state index in [0.29, 0.717) is 44.5 Å². The number of hydrogen-bond donors (Lipinski definition) is 2. The number of carboxylic acid groups (broad SMARTS) is 1. The third-order valence-electron chi connectivity index (χ3n) is 10.4. The van der Waals surface area contributed by atoms with Gasteiger partial charge in [-0.25, -0.2) is 8.78 Å². The molecule has 6 rings (SSSR count). The fourth-order valence-electron chi connectivity index (χ4n) is 7.10. The van der Waals surface area contributed by atoms with Crippen molar-refractivity contribution in [3.8, 4) is 5.75 Å². The normalized spacial score (nSPS) is 18.7. The first-order valence-corrected chi connectivity index (χ1v) is 18.1. The van der Waals surface area contributed by atoms with Crippen molar-refractivity contribution in [1.29, 1.82) is 0 Å². The summed E-state index contributed by atoms with van der Waals surface area (Å²) in [5.41, 5.74) is 3.65. The molecule has 276 valence electrons. The number of nitrogens with one attached hydrogen (secondary N) is 1. The Bertz CT molecular complexity index is 1810. The number of aliphatic carboxylic acids is 1. The molecular weight excluding hydrogens is 671 g/mol. The van der Waals surface area contributed by atoms with Gasteiger partial charge in [-0.2, -0.15) is 4.39 Å². The zero-order valence-corrected chi connectivity index (χ0v) is 29.7. The van der Waals surface area contributed by atoms with Crippen LogP contribution in [0.3, 0.4) is 0 Å². The maximum atomic E-state index is 14.7. The summed E-state index contributed by atoms with van der Waals surface area (Å²) in [7, 11) is 0. The second kappa shape index (κ2) is 15.9. The van der Waals surface area contributed by atoms with Crippen LogP contribution in [0.15, 0.2) is 72.3 Å². The van der Waals surface area contributed by atoms with Gasteiger partial charge in [0.2, 0.25) is 11.7 Å². The Kier molecular flexibility index (Phi) is 11.4. The molecule has 1 aliphatic carbocycles. The van der Waals surface area contributed by atoms with Crippen molar-refractivity contribution in [2.24, 2.45) is 5.41 Å². The number of carboxylic acids is 1. The summed E-state index contributed by atoms with van der Waals surface area (Å²) in [6, 6.07) is 19.3. The van der Waals surface area contributed by atoms with Crippen LogP contribution in [0.4, 0.5) is 13.2 Å². The van der Waals surface area contributed by atoms with Crippen LogP contribution in [-0.4, -0.2) is 77.1 Å². The molecule has 2 amide bonds. The Morgan fingerprint density at radius 3 is 2.31 bits per heavy atom. The summed E-state index contributed by atoms with van der Waals surface area (Å²) in [6.07, 6.45) is 4.50. The monoisotopic (exact) mass is 717 g/mol. The largest absolute Gasteiger partial charge is 0.488 e. The molecule has 8 nitrogen and oxygen atoms in total. The lowest BCUT2D eigenvalue weighted by Crippen LogP contribution is -2.62. The highest BCUT2D eigenvalue weighted by Gasteiger charge is 2.43. The number of piperazine rings is 1. The second-order valence-corrected chi connectivity index (χ2v) is 14.8. The molecule has 3 aromatic rings. The minimum absolute atomic E-state index is 0.000877. The van der Waals surface area contributed by atoms with Crippen LogP contribution in [-0.2, 0) is 27.2 Å². The van der Waals surface area contributed by atoms with Crippen molar-refractivity contribution in [2.45, 2.75) is 83.3 Å². The van der Waals surface area contributed by atoms with Crippen molar-refractivity contribution in [3.05, 3.63) is 106 Å². The third-order valence-corrected chi connectivity index (χ3v) is 10.4. The molecular formula is C41H46F3N3O5. The van der Waals surface area contributed by atoms with Crippen LogP contribution in [0.5, 0.6) is 5.75 Å². The Hall–Kier alpha value is -4.64. The number of benzene rings is 3. The molecule has 2 heterocycles. The first kappa shape index (κ1) is 37.1. The van der Waals surface area contributed by atoms with Gasteiger partial charge in [-0.1, -0.05) is 54.6 Å². The Balaban J connectivity index is 1.21. The SMILES string of the molecule is CC(C)(CCC(=O)N1C[C@H]2CC(c3ccc(CCCOc4c(F)ccc(F)c4F)cc3)=C(C(=O)N(CCc3ccccc3)C3CC3)[C@@H](C1)N2)C(=O)O.